The molecular weight excluding hydrogens is 442 g/mol. The van der Waals surface area contributed by atoms with Gasteiger partial charge >= 0.3 is 10.1 Å². The minimum atomic E-state index is -3.66. The van der Waals surface area contributed by atoms with Crippen LogP contribution >= 0.6 is 11.3 Å². The van der Waals surface area contributed by atoms with Gasteiger partial charge in [0, 0.05) is 36.4 Å². The molecule has 3 heterocycles. The second kappa shape index (κ2) is 8.93. The van der Waals surface area contributed by atoms with Crippen molar-refractivity contribution in [3.05, 3.63) is 45.9 Å². The number of aliphatic hydroxyl groups excluding tert-OH is 1. The summed E-state index contributed by atoms with van der Waals surface area (Å²) in [6.45, 7) is 0.774. The Morgan fingerprint density at radius 2 is 2.06 bits per heavy atom. The molecule has 2 aliphatic rings. The Morgan fingerprint density at radius 3 is 2.77 bits per heavy atom. The van der Waals surface area contributed by atoms with E-state index in [-0.39, 0.29) is 17.6 Å². The van der Waals surface area contributed by atoms with Crippen LogP contribution in [-0.4, -0.2) is 61.0 Å². The Bertz CT molecular complexity index is 1090. The van der Waals surface area contributed by atoms with Crippen LogP contribution < -0.4 is 4.18 Å². The number of aromatic nitrogens is 1. The van der Waals surface area contributed by atoms with Crippen molar-refractivity contribution < 1.29 is 27.3 Å². The Kier molecular flexibility index (Phi) is 6.26. The first kappa shape index (κ1) is 21.7. The maximum atomic E-state index is 11.6. The fourth-order valence-corrected chi connectivity index (χ4v) is 5.24. The molecule has 1 amide bonds. The van der Waals surface area contributed by atoms with E-state index in [0.29, 0.717) is 30.8 Å². The molecule has 1 aromatic heterocycles. The number of hydrogen-bond acceptors (Lipinski definition) is 9. The van der Waals surface area contributed by atoms with Gasteiger partial charge in [-0.05, 0) is 18.9 Å². The molecule has 0 aliphatic carbocycles. The van der Waals surface area contributed by atoms with Crippen LogP contribution in [0.15, 0.2) is 34.8 Å². The quantitative estimate of drug-likeness (QED) is 0.649. The number of piperidine rings is 1. The zero-order valence-corrected chi connectivity index (χ0v) is 18.6. The molecule has 0 bridgehead atoms. The summed E-state index contributed by atoms with van der Waals surface area (Å²) in [5, 5.41) is 16.1. The number of oxime groups is 1. The van der Waals surface area contributed by atoms with E-state index >= 15 is 0 Å². The van der Waals surface area contributed by atoms with Crippen molar-refractivity contribution in [2.75, 3.05) is 26.0 Å². The normalized spacial score (nSPS) is 19.7. The van der Waals surface area contributed by atoms with Gasteiger partial charge < -0.3 is 19.0 Å². The van der Waals surface area contributed by atoms with Gasteiger partial charge in [-0.25, -0.2) is 4.98 Å². The third-order valence-corrected chi connectivity index (χ3v) is 6.82. The summed E-state index contributed by atoms with van der Waals surface area (Å²) in [6.07, 6.45) is 2.62. The van der Waals surface area contributed by atoms with E-state index in [2.05, 4.69) is 5.16 Å². The number of rotatable bonds is 6. The number of aliphatic hydroxyl groups is 1. The van der Waals surface area contributed by atoms with Gasteiger partial charge in [-0.2, -0.15) is 8.42 Å². The molecular formula is C20H23N3O6S2. The SMILES string of the molecule is CS(=O)(=O)Oc1ccccc1C1CC(c2csc(C3CCN(C(=O)CO)CC3)n2)=NO1. The van der Waals surface area contributed by atoms with E-state index in [0.717, 1.165) is 29.8 Å². The number of para-hydroxylation sites is 1. The van der Waals surface area contributed by atoms with Crippen LogP contribution in [0.5, 0.6) is 5.75 Å². The molecule has 31 heavy (non-hydrogen) atoms. The lowest BCUT2D eigenvalue weighted by Crippen LogP contribution is -2.39. The first-order valence-corrected chi connectivity index (χ1v) is 12.6. The Labute approximate surface area is 184 Å². The summed E-state index contributed by atoms with van der Waals surface area (Å²) in [5.41, 5.74) is 2.07. The first-order valence-electron chi connectivity index (χ1n) is 9.89. The second-order valence-electron chi connectivity index (χ2n) is 7.55. The zero-order valence-electron chi connectivity index (χ0n) is 16.9. The minimum absolute atomic E-state index is 0.231. The summed E-state index contributed by atoms with van der Waals surface area (Å²) in [4.78, 5) is 23.6. The van der Waals surface area contributed by atoms with Crippen molar-refractivity contribution in [1.82, 2.24) is 9.88 Å². The smallest absolute Gasteiger partial charge is 0.306 e. The molecule has 0 radical (unpaired) electrons. The molecule has 1 fully saturated rings. The second-order valence-corrected chi connectivity index (χ2v) is 10.0. The number of likely N-dealkylation sites (tertiary alicyclic amines) is 1. The fourth-order valence-electron chi connectivity index (χ4n) is 3.76. The predicted octanol–water partition coefficient (Wildman–Crippen LogP) is 2.05. The van der Waals surface area contributed by atoms with Crippen molar-refractivity contribution in [2.24, 2.45) is 5.16 Å². The van der Waals surface area contributed by atoms with Crippen LogP contribution in [0, 0.1) is 0 Å². The van der Waals surface area contributed by atoms with E-state index in [1.165, 1.54) is 0 Å². The van der Waals surface area contributed by atoms with Gasteiger partial charge in [0.15, 0.2) is 6.10 Å². The monoisotopic (exact) mass is 465 g/mol. The summed E-state index contributed by atoms with van der Waals surface area (Å²) >= 11 is 1.56. The molecule has 0 saturated carbocycles. The third kappa shape index (κ3) is 5.05. The molecule has 0 spiro atoms. The predicted molar refractivity (Wildman–Crippen MR) is 115 cm³/mol. The first-order chi connectivity index (χ1) is 14.8. The van der Waals surface area contributed by atoms with Gasteiger partial charge in [-0.15, -0.1) is 11.3 Å². The highest BCUT2D eigenvalue weighted by Crippen LogP contribution is 2.37. The maximum Gasteiger partial charge on any atom is 0.306 e. The Morgan fingerprint density at radius 1 is 1.32 bits per heavy atom. The fraction of sp³-hybridized carbons (Fsp3) is 0.450. The highest BCUT2D eigenvalue weighted by Gasteiger charge is 2.30. The topological polar surface area (TPSA) is 118 Å². The molecule has 1 N–H and O–H groups in total. The van der Waals surface area contributed by atoms with Crippen molar-refractivity contribution in [1.29, 1.82) is 0 Å². The average molecular weight is 466 g/mol. The van der Waals surface area contributed by atoms with Crippen molar-refractivity contribution >= 4 is 33.1 Å². The van der Waals surface area contributed by atoms with Crippen LogP contribution in [0.25, 0.3) is 0 Å². The average Bonchev–Trinajstić information content (AvgIpc) is 3.42. The van der Waals surface area contributed by atoms with Gasteiger partial charge in [0.05, 0.1) is 17.0 Å². The standard InChI is InChI=1S/C20H23N3O6S2/c1-31(26,27)29-17-5-3-2-4-14(17)18-10-15(22-28-18)16-12-30-20(21-16)13-6-8-23(9-7-13)19(25)11-24/h2-5,12-13,18,24H,6-11H2,1H3. The lowest BCUT2D eigenvalue weighted by Gasteiger charge is -2.30. The number of carbonyl (C=O) groups is 1. The molecule has 1 aromatic carbocycles. The molecule has 166 valence electrons. The molecule has 4 rings (SSSR count). The van der Waals surface area contributed by atoms with Crippen LogP contribution in [0.3, 0.4) is 0 Å². The molecule has 11 heteroatoms. The van der Waals surface area contributed by atoms with E-state index in [9.17, 15) is 13.2 Å². The lowest BCUT2D eigenvalue weighted by atomic mass is 9.97. The number of amides is 1. The highest BCUT2D eigenvalue weighted by molar-refractivity contribution is 7.86. The largest absolute Gasteiger partial charge is 0.387 e. The van der Waals surface area contributed by atoms with Gasteiger partial charge in [-0.1, -0.05) is 23.4 Å². The van der Waals surface area contributed by atoms with Crippen LogP contribution in [-0.2, 0) is 19.8 Å². The van der Waals surface area contributed by atoms with E-state index in [1.807, 2.05) is 5.38 Å². The van der Waals surface area contributed by atoms with Gasteiger partial charge in [0.1, 0.15) is 18.1 Å². The number of benzene rings is 1. The summed E-state index contributed by atoms with van der Waals surface area (Å²) in [7, 11) is -3.66. The van der Waals surface area contributed by atoms with E-state index in [1.54, 1.807) is 40.5 Å². The summed E-state index contributed by atoms with van der Waals surface area (Å²) in [5.74, 6) is 0.264. The van der Waals surface area contributed by atoms with Crippen LogP contribution in [0.4, 0.5) is 0 Å². The zero-order chi connectivity index (χ0) is 22.0. The third-order valence-electron chi connectivity index (χ3n) is 5.33. The molecule has 9 nitrogen and oxygen atoms in total. The number of nitrogens with zero attached hydrogens (tertiary/aromatic N) is 3. The van der Waals surface area contributed by atoms with Gasteiger partial charge in [0.2, 0.25) is 5.91 Å². The number of thiazole rings is 1. The molecule has 2 aromatic rings. The molecule has 1 saturated heterocycles. The maximum absolute atomic E-state index is 11.6. The number of hydrogen-bond donors (Lipinski definition) is 1. The molecule has 1 atom stereocenters. The van der Waals surface area contributed by atoms with E-state index < -0.39 is 22.8 Å². The highest BCUT2D eigenvalue weighted by atomic mass is 32.2. The van der Waals surface area contributed by atoms with Gasteiger partial charge in [0.25, 0.3) is 0 Å². The van der Waals surface area contributed by atoms with Crippen LogP contribution in [0.2, 0.25) is 0 Å². The summed E-state index contributed by atoms with van der Waals surface area (Å²) < 4.78 is 28.2. The summed E-state index contributed by atoms with van der Waals surface area (Å²) in [6, 6.07) is 6.84. The number of carbonyl (C=O) groups excluding carboxylic acids is 1. The van der Waals surface area contributed by atoms with Gasteiger partial charge in [-0.3, -0.25) is 4.79 Å². The Balaban J connectivity index is 1.41. The van der Waals surface area contributed by atoms with E-state index in [4.69, 9.17) is 19.1 Å². The minimum Gasteiger partial charge on any atom is -0.387 e. The Hall–Kier alpha value is -2.50. The van der Waals surface area contributed by atoms with Crippen LogP contribution in [0.1, 0.15) is 47.5 Å². The van der Waals surface area contributed by atoms with Crippen molar-refractivity contribution in [3.8, 4) is 5.75 Å². The molecule has 1 unspecified atom stereocenters. The van der Waals surface area contributed by atoms with Crippen molar-refractivity contribution in [3.63, 3.8) is 0 Å². The van der Waals surface area contributed by atoms with Crippen molar-refractivity contribution in [2.45, 2.75) is 31.3 Å². The lowest BCUT2D eigenvalue weighted by molar-refractivity contribution is -0.135. The molecule has 2 aliphatic heterocycles.